The van der Waals surface area contributed by atoms with E-state index in [1.807, 2.05) is 0 Å². The Kier molecular flexibility index (Phi) is 4.34. The van der Waals surface area contributed by atoms with Crippen LogP contribution >= 0.6 is 0 Å². The lowest BCUT2D eigenvalue weighted by atomic mass is 10.4. The third-order valence-electron chi connectivity index (χ3n) is 1.80. The maximum atomic E-state index is 12.0. The topological polar surface area (TPSA) is 0 Å². The maximum Gasteiger partial charge on any atom is 0.219 e. The Labute approximate surface area is 84.0 Å². The molecule has 0 radical (unpaired) electrons. The third-order valence-corrected chi connectivity index (χ3v) is 4.31. The second-order valence-electron chi connectivity index (χ2n) is 3.01. The first kappa shape index (κ1) is 11.4. The highest BCUT2D eigenvalue weighted by atomic mass is 28.2. The molecule has 0 saturated carbocycles. The Hall–Kier alpha value is -0.626. The Bertz CT molecular complexity index is 244. The largest absolute Gasteiger partial charge is 0.219 e. The van der Waals surface area contributed by atoms with Crippen LogP contribution in [0.25, 0.3) is 0 Å². The van der Waals surface area contributed by atoms with Gasteiger partial charge in [-0.1, -0.05) is 34.6 Å². The van der Waals surface area contributed by atoms with Crippen molar-refractivity contribution in [1.29, 1.82) is 0 Å². The molecule has 78 valence electrons. The van der Waals surface area contributed by atoms with Crippen molar-refractivity contribution < 1.29 is 17.6 Å². The second kappa shape index (κ2) is 5.30. The van der Waals surface area contributed by atoms with E-state index in [0.717, 1.165) is 0 Å². The fourth-order valence-electron chi connectivity index (χ4n) is 1.17. The molecule has 1 aromatic rings. The summed E-state index contributed by atoms with van der Waals surface area (Å²) in [5.41, 5.74) is 0. The Morgan fingerprint density at radius 1 is 0.714 bits per heavy atom. The fraction of sp³-hybridized carbons (Fsp3) is 0.250. The van der Waals surface area contributed by atoms with Gasteiger partial charge in [-0.3, -0.25) is 0 Å². The Balaban J connectivity index is 2.59. The van der Waals surface area contributed by atoms with E-state index in [0.29, 0.717) is 10.4 Å². The van der Waals surface area contributed by atoms with Crippen molar-refractivity contribution >= 4 is 29.4 Å². The molecule has 1 rings (SSSR count). The summed E-state index contributed by atoms with van der Waals surface area (Å²) in [6, 6.07) is 1.75. The summed E-state index contributed by atoms with van der Waals surface area (Å²) in [4.78, 5) is 0. The first-order chi connectivity index (χ1) is 6.58. The van der Waals surface area contributed by atoms with Crippen molar-refractivity contribution in [2.75, 3.05) is 0 Å². The second-order valence-corrected chi connectivity index (χ2v) is 6.69. The van der Waals surface area contributed by atoms with Gasteiger partial charge in [-0.25, -0.2) is 17.6 Å². The molecule has 0 aromatic heterocycles. The number of alkyl halides is 4. The molecule has 0 heterocycles. The number of benzene rings is 1. The molecule has 0 N–H and O–H groups in total. The molecule has 0 aliphatic heterocycles. The van der Waals surface area contributed by atoms with Crippen LogP contribution in [0.15, 0.2) is 24.3 Å². The van der Waals surface area contributed by atoms with Gasteiger partial charge >= 0.3 is 0 Å². The minimum Gasteiger partial charge on any atom is -0.216 e. The SMILES string of the molecule is FC(F)[SiH2]c1ccc([SiH2]C(F)F)cc1. The zero-order valence-electron chi connectivity index (χ0n) is 7.39. The van der Waals surface area contributed by atoms with Gasteiger partial charge in [-0.2, -0.15) is 0 Å². The monoisotopic (exact) mass is 238 g/mol. The van der Waals surface area contributed by atoms with Gasteiger partial charge in [0.15, 0.2) is 0 Å². The van der Waals surface area contributed by atoms with Gasteiger partial charge in [0.05, 0.1) is 0 Å². The van der Waals surface area contributed by atoms with Crippen molar-refractivity contribution in [2.24, 2.45) is 0 Å². The predicted octanol–water partition coefficient (Wildman–Crippen LogP) is -0.280. The standard InChI is InChI=1S/C8H10F4Si2/c9-7(10)13-5-1-2-6(4-3-5)14-8(11)12/h1-4,7-8H,13-14H2. The third kappa shape index (κ3) is 4.05. The summed E-state index contributed by atoms with van der Waals surface area (Å²) in [5, 5.41) is 1.26. The lowest BCUT2D eigenvalue weighted by molar-refractivity contribution is 0.239. The van der Waals surface area contributed by atoms with E-state index in [4.69, 9.17) is 0 Å². The van der Waals surface area contributed by atoms with Crippen molar-refractivity contribution in [1.82, 2.24) is 0 Å². The predicted molar refractivity (Wildman–Crippen MR) is 54.8 cm³/mol. The minimum absolute atomic E-state index is 0.631. The molecule has 1 aromatic carbocycles. The number of hydrogen-bond donors (Lipinski definition) is 0. The van der Waals surface area contributed by atoms with Crippen molar-refractivity contribution in [3.8, 4) is 0 Å². The molecule has 0 atom stereocenters. The zero-order chi connectivity index (χ0) is 10.6. The highest BCUT2D eigenvalue weighted by Crippen LogP contribution is 1.92. The Morgan fingerprint density at radius 2 is 1.00 bits per heavy atom. The summed E-state index contributed by atoms with van der Waals surface area (Å²) < 4.78 is 47.9. The van der Waals surface area contributed by atoms with Gasteiger partial charge in [-0.05, 0) is 0 Å². The van der Waals surface area contributed by atoms with Gasteiger partial charge < -0.3 is 0 Å². The molecule has 0 aliphatic carbocycles. The van der Waals surface area contributed by atoms with Gasteiger partial charge in [-0.15, -0.1) is 0 Å². The zero-order valence-corrected chi connectivity index (χ0v) is 10.2. The average Bonchev–Trinajstić information content (AvgIpc) is 2.06. The van der Waals surface area contributed by atoms with Crippen LogP contribution in [0.4, 0.5) is 17.6 Å². The molecule has 6 heteroatoms. The van der Waals surface area contributed by atoms with Crippen LogP contribution in [0.5, 0.6) is 0 Å². The maximum absolute atomic E-state index is 12.0. The summed E-state index contributed by atoms with van der Waals surface area (Å²) in [6.45, 7) is 0. The summed E-state index contributed by atoms with van der Waals surface area (Å²) in [6.07, 6.45) is 0. The van der Waals surface area contributed by atoms with E-state index in [1.165, 1.54) is 0 Å². The van der Waals surface area contributed by atoms with E-state index in [-0.39, 0.29) is 0 Å². The molecular weight excluding hydrogens is 228 g/mol. The van der Waals surface area contributed by atoms with Crippen LogP contribution in [-0.4, -0.2) is 31.1 Å². The molecule has 0 amide bonds. The van der Waals surface area contributed by atoms with Crippen molar-refractivity contribution in [3.63, 3.8) is 0 Å². The van der Waals surface area contributed by atoms with Crippen LogP contribution in [0.3, 0.4) is 0 Å². The molecule has 0 fully saturated rings. The number of rotatable bonds is 4. The van der Waals surface area contributed by atoms with Crippen LogP contribution in [-0.2, 0) is 0 Å². The first-order valence-electron chi connectivity index (χ1n) is 4.22. The molecule has 14 heavy (non-hydrogen) atoms. The van der Waals surface area contributed by atoms with Gasteiger partial charge in [0, 0.05) is 0 Å². The highest BCUT2D eigenvalue weighted by Gasteiger charge is 2.08. The smallest absolute Gasteiger partial charge is 0.216 e. The normalized spacial score (nSPS) is 13.0. The molecule has 0 nitrogen and oxygen atoms in total. The van der Waals surface area contributed by atoms with E-state index >= 15 is 0 Å². The van der Waals surface area contributed by atoms with Crippen LogP contribution in [0.1, 0.15) is 0 Å². The van der Waals surface area contributed by atoms with E-state index in [9.17, 15) is 17.6 Å². The lowest BCUT2D eigenvalue weighted by Gasteiger charge is -2.02. The van der Waals surface area contributed by atoms with Crippen LogP contribution < -0.4 is 10.4 Å². The summed E-state index contributed by atoms with van der Waals surface area (Å²) in [5.74, 6) is 0. The van der Waals surface area contributed by atoms with E-state index in [2.05, 4.69) is 0 Å². The summed E-state index contributed by atoms with van der Waals surface area (Å²) >= 11 is 0. The average molecular weight is 238 g/mol. The molecule has 0 unspecified atom stereocenters. The quantitative estimate of drug-likeness (QED) is 0.500. The highest BCUT2D eigenvalue weighted by molar-refractivity contribution is 6.56. The Morgan fingerprint density at radius 3 is 1.21 bits per heavy atom. The van der Waals surface area contributed by atoms with Crippen LogP contribution in [0, 0.1) is 0 Å². The number of hydrogen-bond acceptors (Lipinski definition) is 0. The molecular formula is C8H10F4Si2. The fourth-order valence-corrected chi connectivity index (χ4v) is 2.90. The molecule has 0 aliphatic rings. The van der Waals surface area contributed by atoms with Gasteiger partial charge in [0.25, 0.3) is 0 Å². The summed E-state index contributed by atoms with van der Waals surface area (Å²) in [7, 11) is -3.05. The molecule has 0 bridgehead atoms. The van der Waals surface area contributed by atoms with Gasteiger partial charge in [0.1, 0.15) is 19.0 Å². The molecule has 0 spiro atoms. The minimum atomic E-state index is -2.24. The van der Waals surface area contributed by atoms with Crippen molar-refractivity contribution in [2.45, 2.75) is 12.1 Å². The van der Waals surface area contributed by atoms with Crippen molar-refractivity contribution in [3.05, 3.63) is 24.3 Å². The van der Waals surface area contributed by atoms with E-state index in [1.54, 1.807) is 24.3 Å². The number of halogens is 4. The van der Waals surface area contributed by atoms with E-state index < -0.39 is 31.1 Å². The van der Waals surface area contributed by atoms with Gasteiger partial charge in [0.2, 0.25) is 12.1 Å². The first-order valence-corrected chi connectivity index (χ1v) is 7.27. The van der Waals surface area contributed by atoms with Crippen LogP contribution in [0.2, 0.25) is 0 Å². The lowest BCUT2D eigenvalue weighted by Crippen LogP contribution is -2.26. The molecule has 0 saturated heterocycles.